The first-order chi connectivity index (χ1) is 14.0. The van der Waals surface area contributed by atoms with Crippen molar-refractivity contribution in [3.63, 3.8) is 0 Å². The summed E-state index contributed by atoms with van der Waals surface area (Å²) in [4.78, 5) is 27.1. The molecule has 0 radical (unpaired) electrons. The minimum Gasteiger partial charge on any atom is -0.507 e. The fraction of sp³-hybridized carbons (Fsp3) is 0.0435. The van der Waals surface area contributed by atoms with Crippen LogP contribution < -0.4 is 4.90 Å². The number of aliphatic hydroxyl groups excluding tert-OH is 1. The summed E-state index contributed by atoms with van der Waals surface area (Å²) in [6.45, 7) is 0. The molecule has 29 heavy (non-hydrogen) atoms. The second-order valence-electron chi connectivity index (χ2n) is 6.57. The summed E-state index contributed by atoms with van der Waals surface area (Å²) in [6.07, 6.45) is 0. The van der Waals surface area contributed by atoms with Gasteiger partial charge in [-0.15, -0.1) is 0 Å². The Bertz CT molecular complexity index is 1140. The minimum absolute atomic E-state index is 0.105. The Labute approximate surface area is 171 Å². The van der Waals surface area contributed by atoms with Crippen molar-refractivity contribution in [3.8, 4) is 0 Å². The number of Topliss-reactive ketones (excluding diaryl/α,β-unsaturated/α-hetero) is 1. The Morgan fingerprint density at radius 1 is 0.931 bits per heavy atom. The molecule has 1 fully saturated rings. The Kier molecular flexibility index (Phi) is 4.91. The zero-order valence-corrected chi connectivity index (χ0v) is 15.8. The van der Waals surface area contributed by atoms with Gasteiger partial charge in [0.05, 0.1) is 11.6 Å². The summed E-state index contributed by atoms with van der Waals surface area (Å²) in [5, 5.41) is 11.3. The molecule has 1 amide bonds. The molecule has 4 nitrogen and oxygen atoms in total. The molecular formula is C23H15ClFNO3. The number of nitrogens with zero attached hydrogens (tertiary/aromatic N) is 1. The van der Waals surface area contributed by atoms with Gasteiger partial charge in [0.2, 0.25) is 0 Å². The zero-order valence-electron chi connectivity index (χ0n) is 15.0. The van der Waals surface area contributed by atoms with E-state index in [1.165, 1.54) is 23.1 Å². The number of halogens is 2. The zero-order chi connectivity index (χ0) is 20.5. The number of hydrogen-bond donors (Lipinski definition) is 1. The fourth-order valence-electron chi connectivity index (χ4n) is 3.47. The molecule has 144 valence electrons. The number of hydrogen-bond acceptors (Lipinski definition) is 3. The van der Waals surface area contributed by atoms with Crippen molar-refractivity contribution in [1.82, 2.24) is 0 Å². The van der Waals surface area contributed by atoms with Crippen LogP contribution in [0.5, 0.6) is 0 Å². The number of ketones is 1. The Balaban J connectivity index is 1.97. The van der Waals surface area contributed by atoms with Crippen LogP contribution in [0.15, 0.2) is 84.4 Å². The monoisotopic (exact) mass is 407 g/mol. The summed E-state index contributed by atoms with van der Waals surface area (Å²) in [5.41, 5.74) is 1.02. The molecule has 3 aromatic carbocycles. The van der Waals surface area contributed by atoms with Crippen molar-refractivity contribution in [2.45, 2.75) is 6.04 Å². The van der Waals surface area contributed by atoms with E-state index in [0.29, 0.717) is 21.8 Å². The van der Waals surface area contributed by atoms with Crippen LogP contribution in [0, 0.1) is 5.82 Å². The Hall–Kier alpha value is -3.44. The quantitative estimate of drug-likeness (QED) is 0.373. The van der Waals surface area contributed by atoms with E-state index < -0.39 is 23.5 Å². The van der Waals surface area contributed by atoms with Crippen molar-refractivity contribution in [2.24, 2.45) is 0 Å². The number of anilines is 1. The maximum Gasteiger partial charge on any atom is 0.300 e. The molecular weight excluding hydrogens is 393 g/mol. The van der Waals surface area contributed by atoms with Gasteiger partial charge in [-0.05, 0) is 35.9 Å². The van der Waals surface area contributed by atoms with Gasteiger partial charge in [0.25, 0.3) is 11.7 Å². The van der Waals surface area contributed by atoms with E-state index in [-0.39, 0.29) is 11.3 Å². The molecule has 0 bridgehead atoms. The minimum atomic E-state index is -0.996. The predicted octanol–water partition coefficient (Wildman–Crippen LogP) is 5.11. The lowest BCUT2D eigenvalue weighted by Gasteiger charge is -2.25. The molecule has 0 aromatic heterocycles. The van der Waals surface area contributed by atoms with E-state index in [1.807, 2.05) is 0 Å². The fourth-order valence-corrected chi connectivity index (χ4v) is 3.65. The first kappa shape index (κ1) is 18.9. The van der Waals surface area contributed by atoms with E-state index in [2.05, 4.69) is 0 Å². The summed E-state index contributed by atoms with van der Waals surface area (Å²) in [5.74, 6) is -2.50. The van der Waals surface area contributed by atoms with Crippen molar-refractivity contribution in [2.75, 3.05) is 4.90 Å². The van der Waals surface area contributed by atoms with Crippen LogP contribution in [0.4, 0.5) is 10.1 Å². The van der Waals surface area contributed by atoms with Crippen LogP contribution in [0.2, 0.25) is 5.02 Å². The van der Waals surface area contributed by atoms with E-state index in [1.54, 1.807) is 60.7 Å². The summed E-state index contributed by atoms with van der Waals surface area (Å²) in [7, 11) is 0. The summed E-state index contributed by atoms with van der Waals surface area (Å²) >= 11 is 6.08. The summed E-state index contributed by atoms with van der Waals surface area (Å²) in [6, 6.07) is 19.5. The number of benzene rings is 3. The predicted molar refractivity (Wildman–Crippen MR) is 109 cm³/mol. The average Bonchev–Trinajstić information content (AvgIpc) is 2.99. The van der Waals surface area contributed by atoms with Gasteiger partial charge in [0, 0.05) is 16.3 Å². The van der Waals surface area contributed by atoms with Gasteiger partial charge in [-0.2, -0.15) is 0 Å². The van der Waals surface area contributed by atoms with Crippen molar-refractivity contribution >= 4 is 34.7 Å². The largest absolute Gasteiger partial charge is 0.507 e. The standard InChI is InChI=1S/C23H15ClFNO3/c24-16-9-5-11-18(13-16)26-20(15-8-4-10-17(25)12-15)19(22(28)23(26)29)21(27)14-6-2-1-3-7-14/h1-13,20,27H/b21-19-. The molecule has 1 saturated heterocycles. The highest BCUT2D eigenvalue weighted by Gasteiger charge is 2.47. The third-order valence-electron chi connectivity index (χ3n) is 4.74. The molecule has 6 heteroatoms. The maximum atomic E-state index is 14.0. The second kappa shape index (κ2) is 7.53. The number of carbonyl (C=O) groups is 2. The molecule has 1 aliphatic heterocycles. The number of amides is 1. The number of aliphatic hydroxyl groups is 1. The lowest BCUT2D eigenvalue weighted by Crippen LogP contribution is -2.29. The van der Waals surface area contributed by atoms with Crippen molar-refractivity contribution in [1.29, 1.82) is 0 Å². The lowest BCUT2D eigenvalue weighted by molar-refractivity contribution is -0.132. The summed E-state index contributed by atoms with van der Waals surface area (Å²) < 4.78 is 14.0. The van der Waals surface area contributed by atoms with Crippen LogP contribution >= 0.6 is 11.6 Å². The molecule has 4 rings (SSSR count). The Morgan fingerprint density at radius 2 is 1.66 bits per heavy atom. The van der Waals surface area contributed by atoms with Crippen LogP contribution in [0.1, 0.15) is 17.2 Å². The van der Waals surface area contributed by atoms with Gasteiger partial charge in [0.1, 0.15) is 11.6 Å². The third kappa shape index (κ3) is 3.41. The molecule has 1 N–H and O–H groups in total. The topological polar surface area (TPSA) is 57.6 Å². The number of carbonyl (C=O) groups excluding carboxylic acids is 2. The highest BCUT2D eigenvalue weighted by atomic mass is 35.5. The molecule has 0 saturated carbocycles. The highest BCUT2D eigenvalue weighted by molar-refractivity contribution is 6.51. The normalized spacial score (nSPS) is 18.3. The van der Waals surface area contributed by atoms with Gasteiger partial charge in [0.15, 0.2) is 0 Å². The third-order valence-corrected chi connectivity index (χ3v) is 4.98. The van der Waals surface area contributed by atoms with E-state index in [9.17, 15) is 19.1 Å². The Morgan fingerprint density at radius 3 is 2.34 bits per heavy atom. The second-order valence-corrected chi connectivity index (χ2v) is 7.01. The first-order valence-corrected chi connectivity index (χ1v) is 9.22. The first-order valence-electron chi connectivity index (χ1n) is 8.85. The van der Waals surface area contributed by atoms with Crippen molar-refractivity contribution < 1.29 is 19.1 Å². The maximum absolute atomic E-state index is 14.0. The highest BCUT2D eigenvalue weighted by Crippen LogP contribution is 2.42. The molecule has 1 unspecified atom stereocenters. The number of rotatable bonds is 3. The van der Waals surface area contributed by atoms with Gasteiger partial charge in [-0.25, -0.2) is 4.39 Å². The van der Waals surface area contributed by atoms with E-state index in [0.717, 1.165) is 0 Å². The lowest BCUT2D eigenvalue weighted by atomic mass is 9.95. The van der Waals surface area contributed by atoms with E-state index >= 15 is 0 Å². The molecule has 1 heterocycles. The van der Waals surface area contributed by atoms with Gasteiger partial charge < -0.3 is 5.11 Å². The molecule has 0 aliphatic carbocycles. The molecule has 1 aliphatic rings. The van der Waals surface area contributed by atoms with Crippen molar-refractivity contribution in [3.05, 3.63) is 106 Å². The van der Waals surface area contributed by atoms with Gasteiger partial charge in [-0.1, -0.05) is 60.1 Å². The van der Waals surface area contributed by atoms with Crippen LogP contribution in [-0.4, -0.2) is 16.8 Å². The smallest absolute Gasteiger partial charge is 0.300 e. The van der Waals surface area contributed by atoms with Gasteiger partial charge in [-0.3, -0.25) is 14.5 Å². The molecule has 3 aromatic rings. The van der Waals surface area contributed by atoms with E-state index in [4.69, 9.17) is 11.6 Å². The average molecular weight is 408 g/mol. The SMILES string of the molecule is O=C1C(=O)N(c2cccc(Cl)c2)C(c2cccc(F)c2)/C1=C(/O)c1ccccc1. The van der Waals surface area contributed by atoms with Crippen LogP contribution in [-0.2, 0) is 9.59 Å². The van der Waals surface area contributed by atoms with Gasteiger partial charge >= 0.3 is 0 Å². The molecule has 0 spiro atoms. The van der Waals surface area contributed by atoms with Crippen LogP contribution in [0.3, 0.4) is 0 Å². The molecule has 1 atom stereocenters. The van der Waals surface area contributed by atoms with Crippen LogP contribution in [0.25, 0.3) is 5.76 Å².